The van der Waals surface area contributed by atoms with Gasteiger partial charge in [-0.15, -0.1) is 11.3 Å². The lowest BCUT2D eigenvalue weighted by Gasteiger charge is -2.34. The van der Waals surface area contributed by atoms with Crippen molar-refractivity contribution >= 4 is 21.4 Å². The van der Waals surface area contributed by atoms with E-state index in [1.54, 1.807) is 0 Å². The zero-order chi connectivity index (χ0) is 15.6. The van der Waals surface area contributed by atoms with Gasteiger partial charge in [0.05, 0.1) is 11.7 Å². The van der Waals surface area contributed by atoms with Crippen molar-refractivity contribution in [3.05, 3.63) is 64.8 Å². The Morgan fingerprint density at radius 3 is 2.74 bits per heavy atom. The summed E-state index contributed by atoms with van der Waals surface area (Å²) in [6.07, 6.45) is 0. The predicted molar refractivity (Wildman–Crippen MR) is 97.1 cm³/mol. The quantitative estimate of drug-likeness (QED) is 0.798. The highest BCUT2D eigenvalue weighted by atomic mass is 32.1. The molecule has 1 aliphatic rings. The van der Waals surface area contributed by atoms with Gasteiger partial charge in [-0.25, -0.2) is 0 Å². The summed E-state index contributed by atoms with van der Waals surface area (Å²) >= 11 is 1.84. The fourth-order valence-electron chi connectivity index (χ4n) is 3.41. The van der Waals surface area contributed by atoms with E-state index in [0.717, 1.165) is 37.6 Å². The Morgan fingerprint density at radius 1 is 1.09 bits per heavy atom. The summed E-state index contributed by atoms with van der Waals surface area (Å²) < 4.78 is 1.36. The molecule has 3 nitrogen and oxygen atoms in total. The minimum absolute atomic E-state index is 0.244. The fraction of sp³-hybridized carbons (Fsp3) is 0.316. The molecule has 1 unspecified atom stereocenters. The lowest BCUT2D eigenvalue weighted by molar-refractivity contribution is 0.196. The summed E-state index contributed by atoms with van der Waals surface area (Å²) in [5.41, 5.74) is 3.64. The number of aryl methyl sites for hydroxylation is 1. The molecule has 4 heteroatoms. The van der Waals surface area contributed by atoms with Crippen LogP contribution in [0.2, 0.25) is 0 Å². The molecule has 1 atom stereocenters. The second kappa shape index (κ2) is 6.40. The topological polar surface area (TPSA) is 28.2 Å². The van der Waals surface area contributed by atoms with E-state index in [-0.39, 0.29) is 6.04 Å². The average Bonchev–Trinajstić information content (AvgIpc) is 3.00. The molecule has 1 aliphatic heterocycles. The van der Waals surface area contributed by atoms with E-state index in [1.165, 1.54) is 15.6 Å². The van der Waals surface area contributed by atoms with Crippen molar-refractivity contribution < 1.29 is 0 Å². The highest BCUT2D eigenvalue weighted by Crippen LogP contribution is 2.36. The number of nitrogens with one attached hydrogen (secondary N) is 1. The molecule has 1 aromatic carbocycles. The molecule has 1 N–H and O–H groups in total. The molecule has 0 amide bonds. The van der Waals surface area contributed by atoms with Gasteiger partial charge in [-0.05, 0) is 41.5 Å². The Kier molecular flexibility index (Phi) is 4.12. The SMILES string of the molecule is Cc1cccc(C(c2csc3ccccc23)N2CCNCC2)n1. The zero-order valence-corrected chi connectivity index (χ0v) is 14.1. The van der Waals surface area contributed by atoms with Crippen LogP contribution < -0.4 is 5.32 Å². The summed E-state index contributed by atoms with van der Waals surface area (Å²) in [6, 6.07) is 15.3. The number of fused-ring (bicyclic) bond motifs is 1. The van der Waals surface area contributed by atoms with Gasteiger partial charge >= 0.3 is 0 Å². The number of pyridine rings is 1. The van der Waals surface area contributed by atoms with Gasteiger partial charge in [-0.3, -0.25) is 9.88 Å². The van der Waals surface area contributed by atoms with Crippen molar-refractivity contribution in [2.24, 2.45) is 0 Å². The number of thiophene rings is 1. The van der Waals surface area contributed by atoms with Crippen LogP contribution in [0.1, 0.15) is 23.0 Å². The number of aromatic nitrogens is 1. The highest BCUT2D eigenvalue weighted by Gasteiger charge is 2.27. The first-order chi connectivity index (χ1) is 11.3. The van der Waals surface area contributed by atoms with Crippen molar-refractivity contribution in [1.29, 1.82) is 0 Å². The van der Waals surface area contributed by atoms with E-state index in [2.05, 4.69) is 65.0 Å². The number of nitrogens with zero attached hydrogens (tertiary/aromatic N) is 2. The summed E-state index contributed by atoms with van der Waals surface area (Å²) in [6.45, 7) is 6.29. The van der Waals surface area contributed by atoms with Crippen molar-refractivity contribution in [1.82, 2.24) is 15.2 Å². The van der Waals surface area contributed by atoms with Gasteiger partial charge in [-0.1, -0.05) is 24.3 Å². The first kappa shape index (κ1) is 14.8. The second-order valence-corrected chi connectivity index (χ2v) is 6.99. The van der Waals surface area contributed by atoms with Gasteiger partial charge in [0.1, 0.15) is 0 Å². The second-order valence-electron chi connectivity index (χ2n) is 6.08. The molecule has 4 rings (SSSR count). The summed E-state index contributed by atoms with van der Waals surface area (Å²) in [5, 5.41) is 7.14. The number of piperazine rings is 1. The normalized spacial score (nSPS) is 17.4. The predicted octanol–water partition coefficient (Wildman–Crippen LogP) is 3.60. The third-order valence-electron chi connectivity index (χ3n) is 4.51. The van der Waals surface area contributed by atoms with Crippen LogP contribution in [0.5, 0.6) is 0 Å². The van der Waals surface area contributed by atoms with Gasteiger partial charge < -0.3 is 5.32 Å². The molecule has 0 saturated carbocycles. The van der Waals surface area contributed by atoms with Crippen LogP contribution >= 0.6 is 11.3 Å². The fourth-order valence-corrected chi connectivity index (χ4v) is 4.39. The average molecular weight is 323 g/mol. The van der Waals surface area contributed by atoms with Gasteiger partial charge in [0.15, 0.2) is 0 Å². The van der Waals surface area contributed by atoms with Crippen LogP contribution in [0.15, 0.2) is 47.8 Å². The largest absolute Gasteiger partial charge is 0.314 e. The lowest BCUT2D eigenvalue weighted by Crippen LogP contribution is -2.45. The summed E-state index contributed by atoms with van der Waals surface area (Å²) in [7, 11) is 0. The van der Waals surface area contributed by atoms with E-state index in [0.29, 0.717) is 0 Å². The highest BCUT2D eigenvalue weighted by molar-refractivity contribution is 7.17. The Bertz CT molecular complexity index is 805. The van der Waals surface area contributed by atoms with Crippen molar-refractivity contribution in [3.8, 4) is 0 Å². The molecule has 2 aromatic heterocycles. The lowest BCUT2D eigenvalue weighted by atomic mass is 9.99. The van der Waals surface area contributed by atoms with Crippen LogP contribution in [-0.2, 0) is 0 Å². The minimum atomic E-state index is 0.244. The van der Waals surface area contributed by atoms with E-state index in [9.17, 15) is 0 Å². The van der Waals surface area contributed by atoms with Crippen molar-refractivity contribution in [3.63, 3.8) is 0 Å². The van der Waals surface area contributed by atoms with E-state index < -0.39 is 0 Å². The molecule has 0 spiro atoms. The van der Waals surface area contributed by atoms with Gasteiger partial charge in [0.2, 0.25) is 0 Å². The first-order valence-electron chi connectivity index (χ1n) is 8.17. The van der Waals surface area contributed by atoms with E-state index in [1.807, 2.05) is 11.3 Å². The third kappa shape index (κ3) is 2.90. The molecule has 23 heavy (non-hydrogen) atoms. The Balaban J connectivity index is 1.84. The molecule has 0 radical (unpaired) electrons. The summed E-state index contributed by atoms with van der Waals surface area (Å²) in [5.74, 6) is 0. The van der Waals surface area contributed by atoms with Crippen molar-refractivity contribution in [2.45, 2.75) is 13.0 Å². The van der Waals surface area contributed by atoms with Crippen LogP contribution in [-0.4, -0.2) is 36.1 Å². The molecule has 1 saturated heterocycles. The smallest absolute Gasteiger partial charge is 0.0791 e. The third-order valence-corrected chi connectivity index (χ3v) is 5.49. The maximum absolute atomic E-state index is 4.85. The molecule has 3 aromatic rings. The Labute approximate surface area is 141 Å². The van der Waals surface area contributed by atoms with Gasteiger partial charge in [0, 0.05) is 36.6 Å². The molecular formula is C19H21N3S. The number of hydrogen-bond donors (Lipinski definition) is 1. The molecular weight excluding hydrogens is 302 g/mol. The van der Waals surface area contributed by atoms with Crippen molar-refractivity contribution in [2.75, 3.05) is 26.2 Å². The standard InChI is InChI=1S/C19H21N3S/c1-14-5-4-7-17(21-14)19(22-11-9-20-10-12-22)16-13-23-18-8-3-2-6-15(16)18/h2-8,13,19-20H,9-12H2,1H3. The Morgan fingerprint density at radius 2 is 1.91 bits per heavy atom. The maximum atomic E-state index is 4.85. The van der Waals surface area contributed by atoms with Crippen LogP contribution in [0.25, 0.3) is 10.1 Å². The molecule has 1 fully saturated rings. The van der Waals surface area contributed by atoms with Crippen LogP contribution in [0.4, 0.5) is 0 Å². The van der Waals surface area contributed by atoms with Gasteiger partial charge in [0.25, 0.3) is 0 Å². The number of rotatable bonds is 3. The maximum Gasteiger partial charge on any atom is 0.0791 e. The monoisotopic (exact) mass is 323 g/mol. The zero-order valence-electron chi connectivity index (χ0n) is 13.3. The summed E-state index contributed by atoms with van der Waals surface area (Å²) in [4.78, 5) is 7.42. The van der Waals surface area contributed by atoms with Crippen LogP contribution in [0, 0.1) is 6.92 Å². The molecule has 3 heterocycles. The van der Waals surface area contributed by atoms with E-state index in [4.69, 9.17) is 4.98 Å². The Hall–Kier alpha value is -1.75. The molecule has 0 bridgehead atoms. The number of hydrogen-bond acceptors (Lipinski definition) is 4. The van der Waals surface area contributed by atoms with Gasteiger partial charge in [-0.2, -0.15) is 0 Å². The van der Waals surface area contributed by atoms with E-state index >= 15 is 0 Å². The molecule has 0 aliphatic carbocycles. The first-order valence-corrected chi connectivity index (χ1v) is 9.05. The molecule has 118 valence electrons. The number of benzene rings is 1. The minimum Gasteiger partial charge on any atom is -0.314 e. The van der Waals surface area contributed by atoms with Crippen LogP contribution in [0.3, 0.4) is 0 Å².